The molecule has 0 bridgehead atoms. The van der Waals surface area contributed by atoms with Gasteiger partial charge in [-0.3, -0.25) is 4.98 Å². The van der Waals surface area contributed by atoms with Crippen LogP contribution in [0.5, 0.6) is 0 Å². The highest BCUT2D eigenvalue weighted by atomic mass is 15.0. The van der Waals surface area contributed by atoms with Crippen molar-refractivity contribution in [3.05, 3.63) is 41.7 Å². The zero-order valence-corrected chi connectivity index (χ0v) is 9.78. The molecular weight excluding hydrogens is 198 g/mol. The van der Waals surface area contributed by atoms with Gasteiger partial charge in [-0.1, -0.05) is 18.2 Å². The van der Waals surface area contributed by atoms with Crippen molar-refractivity contribution in [1.82, 2.24) is 9.97 Å². The summed E-state index contributed by atoms with van der Waals surface area (Å²) in [5.74, 6) is 0.819. The Bertz CT molecular complexity index is 486. The van der Waals surface area contributed by atoms with E-state index in [2.05, 4.69) is 47.3 Å². The van der Waals surface area contributed by atoms with E-state index in [1.807, 2.05) is 7.05 Å². The fourth-order valence-corrected chi connectivity index (χ4v) is 1.89. The Balaban J connectivity index is 2.67. The molecule has 0 radical (unpaired) electrons. The topological polar surface area (TPSA) is 37.8 Å². The van der Waals surface area contributed by atoms with E-state index in [1.54, 1.807) is 12.4 Å². The molecule has 1 aromatic carbocycles. The van der Waals surface area contributed by atoms with E-state index in [1.165, 1.54) is 16.7 Å². The molecule has 0 atom stereocenters. The molecule has 0 aliphatic rings. The van der Waals surface area contributed by atoms with Crippen LogP contribution in [0.1, 0.15) is 11.1 Å². The number of hydrogen-bond acceptors (Lipinski definition) is 3. The van der Waals surface area contributed by atoms with Crippen molar-refractivity contribution in [2.75, 3.05) is 12.4 Å². The van der Waals surface area contributed by atoms with E-state index >= 15 is 0 Å². The van der Waals surface area contributed by atoms with E-state index < -0.39 is 0 Å². The minimum Gasteiger partial charge on any atom is -0.371 e. The molecule has 0 unspecified atom stereocenters. The van der Waals surface area contributed by atoms with E-state index in [0.717, 1.165) is 11.5 Å². The smallest absolute Gasteiger partial charge is 0.152 e. The van der Waals surface area contributed by atoms with Crippen LogP contribution in [-0.2, 0) is 0 Å². The van der Waals surface area contributed by atoms with Gasteiger partial charge >= 0.3 is 0 Å². The van der Waals surface area contributed by atoms with E-state index in [-0.39, 0.29) is 0 Å². The molecule has 0 fully saturated rings. The number of hydrogen-bond donors (Lipinski definition) is 1. The molecule has 2 rings (SSSR count). The Hall–Kier alpha value is -1.90. The van der Waals surface area contributed by atoms with E-state index in [4.69, 9.17) is 0 Å². The predicted octanol–water partition coefficient (Wildman–Crippen LogP) is 2.80. The maximum Gasteiger partial charge on any atom is 0.152 e. The zero-order chi connectivity index (χ0) is 11.5. The van der Waals surface area contributed by atoms with Crippen LogP contribution in [0, 0.1) is 13.8 Å². The first-order chi connectivity index (χ1) is 7.74. The lowest BCUT2D eigenvalue weighted by molar-refractivity contribution is 1.18. The zero-order valence-electron chi connectivity index (χ0n) is 9.78. The number of aromatic nitrogens is 2. The highest BCUT2D eigenvalue weighted by Gasteiger charge is 2.11. The van der Waals surface area contributed by atoms with Crippen LogP contribution in [0.2, 0.25) is 0 Å². The molecule has 0 spiro atoms. The molecule has 1 aromatic heterocycles. The Morgan fingerprint density at radius 2 is 1.62 bits per heavy atom. The maximum absolute atomic E-state index is 4.42. The highest BCUT2D eigenvalue weighted by Crippen LogP contribution is 2.29. The first-order valence-corrected chi connectivity index (χ1v) is 5.29. The van der Waals surface area contributed by atoms with Crippen LogP contribution in [0.25, 0.3) is 11.3 Å². The number of aryl methyl sites for hydroxylation is 2. The van der Waals surface area contributed by atoms with Crippen LogP contribution in [0.4, 0.5) is 5.82 Å². The average molecular weight is 213 g/mol. The summed E-state index contributed by atoms with van der Waals surface area (Å²) in [4.78, 5) is 8.70. The van der Waals surface area contributed by atoms with E-state index in [9.17, 15) is 0 Å². The third-order valence-electron chi connectivity index (χ3n) is 2.65. The fraction of sp³-hybridized carbons (Fsp3) is 0.231. The van der Waals surface area contributed by atoms with Gasteiger partial charge in [0.25, 0.3) is 0 Å². The summed E-state index contributed by atoms with van der Waals surface area (Å²) in [6.07, 6.45) is 3.42. The summed E-state index contributed by atoms with van der Waals surface area (Å²) in [7, 11) is 1.86. The van der Waals surface area contributed by atoms with Gasteiger partial charge in [0.1, 0.15) is 5.69 Å². The number of rotatable bonds is 2. The maximum atomic E-state index is 4.42. The second-order valence-electron chi connectivity index (χ2n) is 3.77. The standard InChI is InChI=1S/C13H15N3/c1-9-5-4-6-10(2)11(9)12-13(14-3)16-8-7-15-12/h4-8H,1-3H3,(H,14,16). The highest BCUT2D eigenvalue weighted by molar-refractivity contribution is 5.76. The van der Waals surface area contributed by atoms with Crippen molar-refractivity contribution < 1.29 is 0 Å². The lowest BCUT2D eigenvalue weighted by atomic mass is 10.00. The van der Waals surface area contributed by atoms with Gasteiger partial charge < -0.3 is 5.32 Å². The quantitative estimate of drug-likeness (QED) is 0.833. The van der Waals surface area contributed by atoms with Crippen LogP contribution in [0.15, 0.2) is 30.6 Å². The van der Waals surface area contributed by atoms with Gasteiger partial charge in [-0.25, -0.2) is 4.98 Å². The Morgan fingerprint density at radius 1 is 1.00 bits per heavy atom. The number of nitrogens with zero attached hydrogens (tertiary/aromatic N) is 2. The lowest BCUT2D eigenvalue weighted by Crippen LogP contribution is -1.99. The predicted molar refractivity (Wildman–Crippen MR) is 66.5 cm³/mol. The second kappa shape index (κ2) is 4.31. The minimum atomic E-state index is 0.819. The second-order valence-corrected chi connectivity index (χ2v) is 3.77. The van der Waals surface area contributed by atoms with Crippen molar-refractivity contribution in [2.45, 2.75) is 13.8 Å². The van der Waals surface area contributed by atoms with Crippen molar-refractivity contribution in [3.63, 3.8) is 0 Å². The summed E-state index contributed by atoms with van der Waals surface area (Å²) in [6, 6.07) is 6.25. The van der Waals surface area contributed by atoms with Crippen LogP contribution < -0.4 is 5.32 Å². The third-order valence-corrected chi connectivity index (χ3v) is 2.65. The van der Waals surface area contributed by atoms with Crippen molar-refractivity contribution in [3.8, 4) is 11.3 Å². The number of benzene rings is 1. The summed E-state index contributed by atoms with van der Waals surface area (Å²) < 4.78 is 0. The molecule has 16 heavy (non-hydrogen) atoms. The van der Waals surface area contributed by atoms with Gasteiger partial charge in [0.15, 0.2) is 5.82 Å². The molecule has 2 aromatic rings. The molecule has 0 saturated carbocycles. The summed E-state index contributed by atoms with van der Waals surface area (Å²) in [6.45, 7) is 4.19. The minimum absolute atomic E-state index is 0.819. The molecule has 3 nitrogen and oxygen atoms in total. The molecule has 0 saturated heterocycles. The van der Waals surface area contributed by atoms with Gasteiger partial charge in [0.05, 0.1) is 0 Å². The lowest BCUT2D eigenvalue weighted by Gasteiger charge is -2.11. The van der Waals surface area contributed by atoms with Gasteiger partial charge in [-0.05, 0) is 25.0 Å². The van der Waals surface area contributed by atoms with Gasteiger partial charge in [0.2, 0.25) is 0 Å². The molecule has 0 aliphatic heterocycles. The summed E-state index contributed by atoms with van der Waals surface area (Å²) >= 11 is 0. The largest absolute Gasteiger partial charge is 0.371 e. The first kappa shape index (κ1) is 10.6. The summed E-state index contributed by atoms with van der Waals surface area (Å²) in [5, 5.41) is 3.07. The van der Waals surface area contributed by atoms with Gasteiger partial charge in [-0.15, -0.1) is 0 Å². The first-order valence-electron chi connectivity index (χ1n) is 5.29. The molecule has 1 N–H and O–H groups in total. The Labute approximate surface area is 95.6 Å². The van der Waals surface area contributed by atoms with E-state index in [0.29, 0.717) is 0 Å². The molecule has 3 heteroatoms. The fourth-order valence-electron chi connectivity index (χ4n) is 1.89. The average Bonchev–Trinajstić information content (AvgIpc) is 2.29. The molecular formula is C13H15N3. The SMILES string of the molecule is CNc1nccnc1-c1c(C)cccc1C. The third kappa shape index (κ3) is 1.76. The molecule has 1 heterocycles. The number of anilines is 1. The normalized spacial score (nSPS) is 10.2. The van der Waals surface area contributed by atoms with Crippen molar-refractivity contribution in [1.29, 1.82) is 0 Å². The van der Waals surface area contributed by atoms with Crippen molar-refractivity contribution in [2.24, 2.45) is 0 Å². The van der Waals surface area contributed by atoms with Gasteiger partial charge in [0, 0.05) is 25.0 Å². The molecule has 0 amide bonds. The van der Waals surface area contributed by atoms with Crippen LogP contribution in [-0.4, -0.2) is 17.0 Å². The van der Waals surface area contributed by atoms with Crippen LogP contribution >= 0.6 is 0 Å². The van der Waals surface area contributed by atoms with Gasteiger partial charge in [-0.2, -0.15) is 0 Å². The van der Waals surface area contributed by atoms with Crippen LogP contribution in [0.3, 0.4) is 0 Å². The monoisotopic (exact) mass is 213 g/mol. The number of nitrogens with one attached hydrogen (secondary N) is 1. The summed E-state index contributed by atoms with van der Waals surface area (Å²) in [5.41, 5.74) is 4.52. The molecule has 0 aliphatic carbocycles. The Morgan fingerprint density at radius 3 is 2.25 bits per heavy atom. The Kier molecular flexibility index (Phi) is 2.86. The van der Waals surface area contributed by atoms with Crippen molar-refractivity contribution >= 4 is 5.82 Å². The molecule has 82 valence electrons.